The average molecular weight is 1620 g/mol. The molecule has 564 valence electrons. The molecule has 15 aromatic carbocycles. The van der Waals surface area contributed by atoms with Gasteiger partial charge in [-0.1, -0.05) is 91.0 Å². The first-order valence-corrected chi connectivity index (χ1v) is 43.9. The second-order valence-corrected chi connectivity index (χ2v) is 37.7. The van der Waals surface area contributed by atoms with Crippen molar-refractivity contribution >= 4 is 59.0 Å². The summed E-state index contributed by atoms with van der Waals surface area (Å²) in [5, 5.41) is 0. The molecular formula is C90H60O18S6. The van der Waals surface area contributed by atoms with Gasteiger partial charge in [-0.25, -0.2) is 50.5 Å². The molecule has 114 heavy (non-hydrogen) atoms. The summed E-state index contributed by atoms with van der Waals surface area (Å²) in [5.74, 6) is 4.25. The highest BCUT2D eigenvalue weighted by atomic mass is 32.2. The van der Waals surface area contributed by atoms with Crippen LogP contribution in [0.2, 0.25) is 0 Å². The van der Waals surface area contributed by atoms with Crippen LogP contribution in [-0.4, -0.2) is 50.5 Å². The summed E-state index contributed by atoms with van der Waals surface area (Å²) in [6.45, 7) is 0. The smallest absolute Gasteiger partial charge is 0.206 e. The maximum atomic E-state index is 13.9. The molecule has 30 bridgehead atoms. The van der Waals surface area contributed by atoms with Crippen LogP contribution in [0.15, 0.2) is 423 Å². The monoisotopic (exact) mass is 1620 g/mol. The van der Waals surface area contributed by atoms with Crippen molar-refractivity contribution in [3.63, 3.8) is 0 Å². The highest BCUT2D eigenvalue weighted by molar-refractivity contribution is 7.93. The van der Waals surface area contributed by atoms with E-state index >= 15 is 0 Å². The Morgan fingerprint density at radius 3 is 0.342 bits per heavy atom. The molecule has 0 N–H and O–H groups in total. The van der Waals surface area contributed by atoms with Gasteiger partial charge >= 0.3 is 0 Å². The predicted octanol–water partition coefficient (Wildman–Crippen LogP) is 20.8. The van der Waals surface area contributed by atoms with Crippen LogP contribution in [0.5, 0.6) is 69.0 Å². The van der Waals surface area contributed by atoms with Crippen molar-refractivity contribution in [2.24, 2.45) is 0 Å². The summed E-state index contributed by atoms with van der Waals surface area (Å²) in [7, 11) is -24.0. The molecule has 13 aliphatic rings. The fourth-order valence-electron chi connectivity index (χ4n) is 12.5. The SMILES string of the molecule is O=S1(=O)c2ccc(cc2)Oc2cccc(c2)Oc2ccc(cc2)S(=O)(=O)c2ccc(cc2)-c2ccc(cc2)S(=O)(=O)c2ccc(cc2)Oc2cccc(c2)Oc2ccc(cc2)S(=O)(=O)c2ccc(cc2)-c2ccc(cc2)S(=O)(=O)c2ccc(cc2)Oc2cccc(c2)Oc2ccc(cc2)S(=O)(=O)c2ccc(cc2)-c2ccc1cc2. The molecule has 0 spiro atoms. The number of fused-ring (bicyclic) bond motifs is 12. The summed E-state index contributed by atoms with van der Waals surface area (Å²) in [5.41, 5.74) is 3.85. The van der Waals surface area contributed by atoms with Crippen LogP contribution in [0.3, 0.4) is 0 Å². The average Bonchev–Trinajstić information content (AvgIpc) is 0.803. The van der Waals surface area contributed by atoms with E-state index in [1.54, 1.807) is 146 Å². The standard InChI is InChI=1S/C90H60O18S6/c91-109(92)79-34-10-61(11-35-79)63-14-38-81(39-15-63)111(95,96)87-50-26-69(27-51-87)105-75-6-2-8-77(59-75)107-71-30-54-89(55-31-71)113(99,100)83-42-18-65(19-43-83)66-20-44-84(45-21-66)114(101,102)90-56-32-72(33-57-90)108-78-9-3-7-76(60-78)106-70-28-52-88(53-29-70)112(97,98)82-40-16-64(17-41-82)62-12-36-80(37-13-62)110(93,94)86-48-24-68(25-49-86)104-74-5-1-4-73(58-74)103-67-22-46-85(109)47-23-67/h1-60H. The second-order valence-electron chi connectivity index (χ2n) is 26.0. The van der Waals surface area contributed by atoms with E-state index in [2.05, 4.69) is 0 Å². The van der Waals surface area contributed by atoms with Gasteiger partial charge in [0.05, 0.1) is 58.7 Å². The van der Waals surface area contributed by atoms with Gasteiger partial charge in [-0.05, 0) is 288 Å². The van der Waals surface area contributed by atoms with Crippen LogP contribution in [0, 0.1) is 0 Å². The van der Waals surface area contributed by atoms with Crippen molar-refractivity contribution in [1.82, 2.24) is 0 Å². The zero-order chi connectivity index (χ0) is 79.0. The van der Waals surface area contributed by atoms with Crippen molar-refractivity contribution in [2.75, 3.05) is 0 Å². The first-order valence-electron chi connectivity index (χ1n) is 35.0. The molecule has 0 atom stereocenters. The lowest BCUT2D eigenvalue weighted by atomic mass is 10.1. The fourth-order valence-corrected chi connectivity index (χ4v) is 20.1. The number of rotatable bonds is 0. The molecular weight excluding hydrogens is 1560 g/mol. The first-order chi connectivity index (χ1) is 54.9. The maximum Gasteiger partial charge on any atom is 0.206 e. The van der Waals surface area contributed by atoms with Crippen molar-refractivity contribution in [1.29, 1.82) is 0 Å². The topological polar surface area (TPSA) is 260 Å². The Balaban J connectivity index is 0.617. The molecule has 24 heteroatoms. The van der Waals surface area contributed by atoms with E-state index in [0.29, 0.717) is 102 Å². The third kappa shape index (κ3) is 15.8. The number of hydrogen-bond donors (Lipinski definition) is 0. The first kappa shape index (κ1) is 74.9. The molecule has 0 aliphatic carbocycles. The molecule has 15 aromatic rings. The third-order valence-electron chi connectivity index (χ3n) is 18.6. The van der Waals surface area contributed by atoms with Gasteiger partial charge in [-0.15, -0.1) is 0 Å². The minimum Gasteiger partial charge on any atom is -0.457 e. The second kappa shape index (κ2) is 30.5. The Labute approximate surface area is 658 Å². The predicted molar refractivity (Wildman–Crippen MR) is 427 cm³/mol. The van der Waals surface area contributed by atoms with Crippen LogP contribution >= 0.6 is 0 Å². The highest BCUT2D eigenvalue weighted by Crippen LogP contribution is 2.39. The molecule has 18 nitrogen and oxygen atoms in total. The van der Waals surface area contributed by atoms with Gasteiger partial charge < -0.3 is 28.4 Å². The number of hydrogen-bond acceptors (Lipinski definition) is 18. The lowest BCUT2D eigenvalue weighted by molar-refractivity contribution is 0.459. The zero-order valence-electron chi connectivity index (χ0n) is 59.4. The number of benzene rings is 15. The van der Waals surface area contributed by atoms with Gasteiger partial charge in [0.2, 0.25) is 59.0 Å². The quantitative estimate of drug-likeness (QED) is 0.137. The van der Waals surface area contributed by atoms with Crippen molar-refractivity contribution in [2.45, 2.75) is 58.7 Å². The molecule has 0 saturated heterocycles. The van der Waals surface area contributed by atoms with Gasteiger partial charge in [-0.3, -0.25) is 0 Å². The summed E-state index contributed by atoms with van der Waals surface area (Å²) >= 11 is 0. The van der Waals surface area contributed by atoms with Crippen LogP contribution in [0.4, 0.5) is 0 Å². The Morgan fingerprint density at radius 2 is 0.228 bits per heavy atom. The Hall–Kier alpha value is -13.2. The summed E-state index contributed by atoms with van der Waals surface area (Å²) in [4.78, 5) is 0.276. The van der Waals surface area contributed by atoms with E-state index in [9.17, 15) is 50.5 Å². The van der Waals surface area contributed by atoms with Gasteiger partial charge in [-0.2, -0.15) is 0 Å². The number of ether oxygens (including phenoxy) is 6. The van der Waals surface area contributed by atoms with E-state index in [0.717, 1.165) is 0 Å². The number of sulfone groups is 6. The van der Waals surface area contributed by atoms with Crippen molar-refractivity contribution in [3.8, 4) is 102 Å². The van der Waals surface area contributed by atoms with E-state index in [4.69, 9.17) is 28.4 Å². The minimum atomic E-state index is -4.00. The van der Waals surface area contributed by atoms with E-state index in [1.165, 1.54) is 218 Å². The summed E-state index contributed by atoms with van der Waals surface area (Å²) in [6.07, 6.45) is 0. The minimum absolute atomic E-state index is 0.0156. The van der Waals surface area contributed by atoms with E-state index in [-0.39, 0.29) is 58.7 Å². The molecule has 0 radical (unpaired) electrons. The van der Waals surface area contributed by atoms with Gasteiger partial charge in [0, 0.05) is 18.2 Å². The van der Waals surface area contributed by atoms with Crippen LogP contribution in [-0.2, 0) is 59.0 Å². The summed E-state index contributed by atoms with van der Waals surface area (Å²) < 4.78 is 203. The maximum absolute atomic E-state index is 13.9. The van der Waals surface area contributed by atoms with Crippen LogP contribution in [0.1, 0.15) is 0 Å². The fraction of sp³-hybridized carbons (Fsp3) is 0. The van der Waals surface area contributed by atoms with E-state index in [1.807, 2.05) is 0 Å². The van der Waals surface area contributed by atoms with Crippen molar-refractivity contribution < 1.29 is 78.9 Å². The van der Waals surface area contributed by atoms with Crippen LogP contribution in [0.25, 0.3) is 33.4 Å². The Morgan fingerprint density at radius 1 is 0.123 bits per heavy atom. The molecule has 0 amide bonds. The lowest BCUT2D eigenvalue weighted by Gasteiger charge is -2.11. The van der Waals surface area contributed by atoms with Gasteiger partial charge in [0.1, 0.15) is 69.0 Å². The third-order valence-corrected chi connectivity index (χ3v) is 29.3. The molecule has 0 aromatic heterocycles. The molecule has 13 heterocycles. The normalized spacial score (nSPS) is 15.1. The molecule has 13 aliphatic heterocycles. The van der Waals surface area contributed by atoms with Gasteiger partial charge in [0.25, 0.3) is 0 Å². The molecule has 0 saturated carbocycles. The largest absolute Gasteiger partial charge is 0.457 e. The summed E-state index contributed by atoms with van der Waals surface area (Å²) in [6, 6.07) is 93.0. The Bertz CT molecular complexity index is 5790. The molecule has 0 fully saturated rings. The molecule has 0 unspecified atom stereocenters. The zero-order valence-corrected chi connectivity index (χ0v) is 64.3. The van der Waals surface area contributed by atoms with E-state index < -0.39 is 59.0 Å². The van der Waals surface area contributed by atoms with Crippen LogP contribution < -0.4 is 28.4 Å². The van der Waals surface area contributed by atoms with Crippen molar-refractivity contribution in [3.05, 3.63) is 364 Å². The van der Waals surface area contributed by atoms with Gasteiger partial charge in [0.15, 0.2) is 0 Å². The molecule has 28 rings (SSSR count). The Kier molecular flexibility index (Phi) is 20.0. The highest BCUT2D eigenvalue weighted by Gasteiger charge is 2.26. The lowest BCUT2D eigenvalue weighted by Crippen LogP contribution is -2.02.